The number of aryl methyl sites for hydroxylation is 1. The van der Waals surface area contributed by atoms with Crippen LogP contribution in [-0.4, -0.2) is 20.6 Å². The molecule has 0 bridgehead atoms. The van der Waals surface area contributed by atoms with Crippen LogP contribution in [0.15, 0.2) is 42.2 Å². The van der Waals surface area contributed by atoms with Gasteiger partial charge in [0.05, 0.1) is 10.6 Å². The summed E-state index contributed by atoms with van der Waals surface area (Å²) in [6.45, 7) is 1.62. The lowest BCUT2D eigenvalue weighted by atomic mass is 10.1. The van der Waals surface area contributed by atoms with Crippen molar-refractivity contribution in [1.82, 2.24) is 9.55 Å². The van der Waals surface area contributed by atoms with Gasteiger partial charge in [-0.2, -0.15) is 18.4 Å². The second-order valence-electron chi connectivity index (χ2n) is 6.38. The summed E-state index contributed by atoms with van der Waals surface area (Å²) < 4.78 is 40.9. The lowest BCUT2D eigenvalue weighted by Crippen LogP contribution is -2.07. The van der Waals surface area contributed by atoms with Gasteiger partial charge in [0.15, 0.2) is 0 Å². The maximum Gasteiger partial charge on any atom is 0.416 e. The lowest BCUT2D eigenvalue weighted by Gasteiger charge is -2.11. The molecule has 0 atom stereocenters. The highest BCUT2D eigenvalue weighted by molar-refractivity contribution is 6.35. The lowest BCUT2D eigenvalue weighted by molar-refractivity contribution is -0.137. The molecule has 9 heteroatoms. The summed E-state index contributed by atoms with van der Waals surface area (Å²) in [5.74, 6) is -1.40. The average molecular weight is 420 g/mol. The van der Waals surface area contributed by atoms with Crippen molar-refractivity contribution in [3.05, 3.63) is 69.5 Å². The first-order valence-corrected chi connectivity index (χ1v) is 8.64. The zero-order chi connectivity index (χ0) is 21.3. The Morgan fingerprint density at radius 3 is 2.72 bits per heavy atom. The number of carboxylic acid groups (broad SMARTS) is 1. The number of rotatable bonds is 4. The molecule has 0 aliphatic rings. The van der Waals surface area contributed by atoms with Gasteiger partial charge in [-0.25, -0.2) is 9.78 Å². The SMILES string of the molecule is Cc1cc(Cn2cc(/C=C(\C#N)C(=O)O)c3c(Cl)ccnc32)cc(C(F)(F)F)c1. The number of aromatic nitrogens is 2. The Balaban J connectivity index is 2.15. The molecule has 3 rings (SSSR count). The van der Waals surface area contributed by atoms with E-state index in [1.54, 1.807) is 23.6 Å². The Morgan fingerprint density at radius 2 is 2.10 bits per heavy atom. The number of hydrogen-bond acceptors (Lipinski definition) is 3. The van der Waals surface area contributed by atoms with Crippen LogP contribution in [0.5, 0.6) is 0 Å². The number of benzene rings is 1. The number of nitrogens with zero attached hydrogens (tertiary/aromatic N) is 3. The molecule has 148 valence electrons. The Hall–Kier alpha value is -3.31. The van der Waals surface area contributed by atoms with Crippen LogP contribution in [0.25, 0.3) is 17.1 Å². The van der Waals surface area contributed by atoms with E-state index in [1.165, 1.54) is 18.5 Å². The molecule has 2 aromatic heterocycles. The first kappa shape index (κ1) is 20.4. The Kier molecular flexibility index (Phi) is 5.36. The van der Waals surface area contributed by atoms with E-state index in [1.807, 2.05) is 0 Å². The number of alkyl halides is 3. The molecule has 1 aromatic carbocycles. The van der Waals surface area contributed by atoms with Crippen molar-refractivity contribution < 1.29 is 23.1 Å². The molecule has 0 spiro atoms. The predicted molar refractivity (Wildman–Crippen MR) is 101 cm³/mol. The zero-order valence-corrected chi connectivity index (χ0v) is 15.7. The molecular weight excluding hydrogens is 407 g/mol. The molecule has 0 amide bonds. The molecule has 0 saturated carbocycles. The molecule has 29 heavy (non-hydrogen) atoms. The van der Waals surface area contributed by atoms with Crippen LogP contribution >= 0.6 is 11.6 Å². The third kappa shape index (κ3) is 4.25. The molecule has 1 N–H and O–H groups in total. The first-order chi connectivity index (χ1) is 13.6. The highest BCUT2D eigenvalue weighted by Crippen LogP contribution is 2.32. The summed E-state index contributed by atoms with van der Waals surface area (Å²) >= 11 is 6.23. The number of fused-ring (bicyclic) bond motifs is 1. The highest BCUT2D eigenvalue weighted by Gasteiger charge is 2.31. The quantitative estimate of drug-likeness (QED) is 0.473. The number of halogens is 4. The molecule has 2 heterocycles. The van der Waals surface area contributed by atoms with Gasteiger partial charge in [-0.3, -0.25) is 0 Å². The normalized spacial score (nSPS) is 12.2. The Bertz CT molecular complexity index is 1190. The van der Waals surface area contributed by atoms with E-state index in [2.05, 4.69) is 4.98 Å². The minimum Gasteiger partial charge on any atom is -0.477 e. The Labute approximate surface area is 168 Å². The molecule has 0 aliphatic carbocycles. The smallest absolute Gasteiger partial charge is 0.416 e. The molecule has 0 fully saturated rings. The van der Waals surface area contributed by atoms with Gasteiger partial charge in [0.2, 0.25) is 0 Å². The standard InChI is InChI=1S/C20H13ClF3N3O2/c1-11-4-12(6-15(5-11)20(22,23)24)9-27-10-14(7-13(8-25)19(28)29)17-16(21)2-3-26-18(17)27/h2-7,10H,9H2,1H3,(H,28,29)/b13-7+. The van der Waals surface area contributed by atoms with Gasteiger partial charge >= 0.3 is 12.1 Å². The van der Waals surface area contributed by atoms with Crippen LogP contribution in [0.2, 0.25) is 5.02 Å². The highest BCUT2D eigenvalue weighted by atomic mass is 35.5. The van der Waals surface area contributed by atoms with Crippen LogP contribution in [-0.2, 0) is 17.5 Å². The van der Waals surface area contributed by atoms with Gasteiger partial charge in [-0.15, -0.1) is 0 Å². The summed E-state index contributed by atoms with van der Waals surface area (Å²) in [6, 6.07) is 6.83. The minimum absolute atomic E-state index is 0.0530. The Morgan fingerprint density at radius 1 is 1.38 bits per heavy atom. The van der Waals surface area contributed by atoms with E-state index < -0.39 is 23.3 Å². The summed E-state index contributed by atoms with van der Waals surface area (Å²) in [7, 11) is 0. The molecule has 0 aliphatic heterocycles. The second-order valence-corrected chi connectivity index (χ2v) is 6.79. The topological polar surface area (TPSA) is 78.9 Å². The third-order valence-electron chi connectivity index (χ3n) is 4.20. The monoisotopic (exact) mass is 419 g/mol. The van der Waals surface area contributed by atoms with Crippen LogP contribution in [0.1, 0.15) is 22.3 Å². The number of carbonyl (C=O) groups is 1. The fourth-order valence-corrected chi connectivity index (χ4v) is 3.30. The minimum atomic E-state index is -4.47. The van der Waals surface area contributed by atoms with Crippen molar-refractivity contribution in [2.24, 2.45) is 0 Å². The van der Waals surface area contributed by atoms with Gasteiger partial charge in [-0.1, -0.05) is 23.2 Å². The average Bonchev–Trinajstić information content (AvgIpc) is 2.97. The maximum absolute atomic E-state index is 13.1. The van der Waals surface area contributed by atoms with Gasteiger partial charge in [-0.05, 0) is 36.8 Å². The van der Waals surface area contributed by atoms with E-state index in [0.717, 1.165) is 18.2 Å². The molecule has 3 aromatic rings. The number of hydrogen-bond donors (Lipinski definition) is 1. The van der Waals surface area contributed by atoms with E-state index in [4.69, 9.17) is 22.0 Å². The number of nitriles is 1. The fraction of sp³-hybridized carbons (Fsp3) is 0.150. The first-order valence-electron chi connectivity index (χ1n) is 8.26. The van der Waals surface area contributed by atoms with Crippen molar-refractivity contribution >= 4 is 34.7 Å². The van der Waals surface area contributed by atoms with E-state index >= 15 is 0 Å². The van der Waals surface area contributed by atoms with Gasteiger partial charge < -0.3 is 9.67 Å². The van der Waals surface area contributed by atoms with Gasteiger partial charge in [0.25, 0.3) is 0 Å². The van der Waals surface area contributed by atoms with Crippen LogP contribution in [0.4, 0.5) is 13.2 Å². The van der Waals surface area contributed by atoms with Crippen LogP contribution in [0.3, 0.4) is 0 Å². The number of aliphatic carboxylic acids is 1. The van der Waals surface area contributed by atoms with Crippen molar-refractivity contribution in [3.63, 3.8) is 0 Å². The predicted octanol–water partition coefficient (Wildman–Crippen LogP) is 5.06. The van der Waals surface area contributed by atoms with Crippen LogP contribution < -0.4 is 0 Å². The summed E-state index contributed by atoms with van der Waals surface area (Å²) in [6.07, 6.45) is -0.363. The molecular formula is C20H13ClF3N3O2. The van der Waals surface area contributed by atoms with Gasteiger partial charge in [0.1, 0.15) is 17.3 Å². The molecule has 5 nitrogen and oxygen atoms in total. The number of pyridine rings is 1. The molecule has 0 radical (unpaired) electrons. The summed E-state index contributed by atoms with van der Waals surface area (Å²) in [5.41, 5.74) is 0.286. The molecule has 0 unspecified atom stereocenters. The fourth-order valence-electron chi connectivity index (χ4n) is 3.05. The number of carboxylic acids is 1. The van der Waals surface area contributed by atoms with Gasteiger partial charge in [0, 0.05) is 29.9 Å². The second kappa shape index (κ2) is 7.60. The van der Waals surface area contributed by atoms with E-state index in [0.29, 0.717) is 27.7 Å². The largest absolute Gasteiger partial charge is 0.477 e. The van der Waals surface area contributed by atoms with Crippen molar-refractivity contribution in [3.8, 4) is 6.07 Å². The van der Waals surface area contributed by atoms with Crippen molar-refractivity contribution in [1.29, 1.82) is 5.26 Å². The summed E-state index contributed by atoms with van der Waals surface area (Å²) in [5, 5.41) is 18.8. The van der Waals surface area contributed by atoms with Crippen molar-refractivity contribution in [2.75, 3.05) is 0 Å². The zero-order valence-electron chi connectivity index (χ0n) is 15.0. The van der Waals surface area contributed by atoms with Crippen LogP contribution in [0, 0.1) is 18.3 Å². The van der Waals surface area contributed by atoms with Crippen molar-refractivity contribution in [2.45, 2.75) is 19.6 Å². The maximum atomic E-state index is 13.1. The third-order valence-corrected chi connectivity index (χ3v) is 4.52. The van der Waals surface area contributed by atoms with E-state index in [-0.39, 0.29) is 11.6 Å². The summed E-state index contributed by atoms with van der Waals surface area (Å²) in [4.78, 5) is 15.4. The molecule has 0 saturated heterocycles. The van der Waals surface area contributed by atoms with E-state index in [9.17, 15) is 18.0 Å².